The van der Waals surface area contributed by atoms with Gasteiger partial charge in [-0.1, -0.05) is 6.92 Å². The number of thiophene rings is 1. The molecule has 1 N–H and O–H groups in total. The third kappa shape index (κ3) is 3.16. The molecule has 1 aliphatic rings. The maximum Gasteiger partial charge on any atom is 0.0834 e. The fraction of sp³-hybridized carbons (Fsp3) is 0.714. The molecule has 102 valence electrons. The van der Waals surface area contributed by atoms with E-state index in [1.54, 1.807) is 0 Å². The van der Waals surface area contributed by atoms with Crippen LogP contribution in [0.25, 0.3) is 0 Å². The molecule has 2 nitrogen and oxygen atoms in total. The Hall–Kier alpha value is 0.1000. The highest BCUT2D eigenvalue weighted by atomic mass is 79.9. The van der Waals surface area contributed by atoms with Gasteiger partial charge >= 0.3 is 0 Å². The van der Waals surface area contributed by atoms with Crippen LogP contribution in [0.3, 0.4) is 0 Å². The Labute approximate surface area is 122 Å². The van der Waals surface area contributed by atoms with Gasteiger partial charge in [0.25, 0.3) is 0 Å². The van der Waals surface area contributed by atoms with Crippen molar-refractivity contribution in [1.29, 1.82) is 0 Å². The first kappa shape index (κ1) is 14.5. The average Bonchev–Trinajstić information content (AvgIpc) is 2.70. The van der Waals surface area contributed by atoms with E-state index in [0.29, 0.717) is 6.04 Å². The minimum Gasteiger partial charge on any atom is -0.377 e. The van der Waals surface area contributed by atoms with Gasteiger partial charge in [0.1, 0.15) is 0 Å². The second-order valence-electron chi connectivity index (χ2n) is 5.04. The Balaban J connectivity index is 2.04. The van der Waals surface area contributed by atoms with E-state index in [1.165, 1.54) is 34.3 Å². The highest BCUT2D eigenvalue weighted by Crippen LogP contribution is 2.40. The quantitative estimate of drug-likeness (QED) is 0.815. The Morgan fingerprint density at radius 2 is 2.28 bits per heavy atom. The van der Waals surface area contributed by atoms with E-state index < -0.39 is 0 Å². The number of halogens is 1. The second-order valence-corrected chi connectivity index (χ2v) is 7.59. The minimum atomic E-state index is 0.0750. The molecule has 1 aliphatic carbocycles. The molecule has 1 unspecified atom stereocenters. The molecule has 0 aliphatic heterocycles. The lowest BCUT2D eigenvalue weighted by atomic mass is 9.73. The van der Waals surface area contributed by atoms with Gasteiger partial charge in [-0.3, -0.25) is 0 Å². The van der Waals surface area contributed by atoms with Gasteiger partial charge in [-0.2, -0.15) is 0 Å². The average molecular weight is 332 g/mol. The molecule has 0 radical (unpaired) electrons. The maximum atomic E-state index is 5.84. The lowest BCUT2D eigenvalue weighted by Gasteiger charge is -2.47. The first-order valence-electron chi connectivity index (χ1n) is 6.73. The molecular formula is C14H22BrNOS. The first-order chi connectivity index (χ1) is 8.70. The summed E-state index contributed by atoms with van der Waals surface area (Å²) in [5.41, 5.74) is 0.0750. The molecule has 0 amide bonds. The van der Waals surface area contributed by atoms with Gasteiger partial charge < -0.3 is 10.1 Å². The highest BCUT2D eigenvalue weighted by Gasteiger charge is 2.44. The Morgan fingerprint density at radius 3 is 2.72 bits per heavy atom. The fourth-order valence-electron chi connectivity index (χ4n) is 2.65. The summed E-state index contributed by atoms with van der Waals surface area (Å²) in [5, 5.41) is 3.69. The standard InChI is InChI=1S/C14H22BrNOS/c1-3-9-16-12(14(17-2)7-4-8-14)10-11-5-6-13(15)18-11/h5-6,12,16H,3-4,7-10H2,1-2H3. The SMILES string of the molecule is CCCNC(Cc1ccc(Br)s1)C1(OC)CCC1. The molecule has 1 atom stereocenters. The number of hydrogen-bond donors (Lipinski definition) is 1. The second kappa shape index (κ2) is 6.51. The summed E-state index contributed by atoms with van der Waals surface area (Å²) in [7, 11) is 1.87. The van der Waals surface area contributed by atoms with E-state index >= 15 is 0 Å². The molecule has 1 aromatic heterocycles. The van der Waals surface area contributed by atoms with Crippen molar-refractivity contribution in [1.82, 2.24) is 5.32 Å². The van der Waals surface area contributed by atoms with Gasteiger partial charge in [0, 0.05) is 18.0 Å². The number of rotatable bonds is 7. The van der Waals surface area contributed by atoms with Gasteiger partial charge in [-0.05, 0) is 66.7 Å². The van der Waals surface area contributed by atoms with Crippen molar-refractivity contribution in [2.75, 3.05) is 13.7 Å². The molecule has 18 heavy (non-hydrogen) atoms. The summed E-state index contributed by atoms with van der Waals surface area (Å²) < 4.78 is 7.06. The van der Waals surface area contributed by atoms with Crippen LogP contribution in [0.2, 0.25) is 0 Å². The van der Waals surface area contributed by atoms with Crippen LogP contribution in [0.1, 0.15) is 37.5 Å². The zero-order chi connectivity index (χ0) is 13.0. The molecular weight excluding hydrogens is 310 g/mol. The van der Waals surface area contributed by atoms with Gasteiger partial charge in [0.05, 0.1) is 9.39 Å². The van der Waals surface area contributed by atoms with Gasteiger partial charge in [0.2, 0.25) is 0 Å². The number of nitrogens with one attached hydrogen (secondary N) is 1. The predicted molar refractivity (Wildman–Crippen MR) is 81.4 cm³/mol. The summed E-state index contributed by atoms with van der Waals surface area (Å²) in [6.07, 6.45) is 5.93. The Morgan fingerprint density at radius 1 is 1.50 bits per heavy atom. The van der Waals surface area contributed by atoms with Crippen LogP contribution in [-0.2, 0) is 11.2 Å². The van der Waals surface area contributed by atoms with Crippen LogP contribution in [0.15, 0.2) is 15.9 Å². The largest absolute Gasteiger partial charge is 0.377 e. The van der Waals surface area contributed by atoms with Crippen molar-refractivity contribution in [3.8, 4) is 0 Å². The molecule has 1 aromatic rings. The van der Waals surface area contributed by atoms with E-state index in [9.17, 15) is 0 Å². The van der Waals surface area contributed by atoms with E-state index in [-0.39, 0.29) is 5.60 Å². The predicted octanol–water partition coefficient (Wildman–Crippen LogP) is 3.99. The first-order valence-corrected chi connectivity index (χ1v) is 8.34. The van der Waals surface area contributed by atoms with Crippen molar-refractivity contribution < 1.29 is 4.74 Å². The molecule has 4 heteroatoms. The van der Waals surface area contributed by atoms with Gasteiger partial charge in [0.15, 0.2) is 0 Å². The topological polar surface area (TPSA) is 21.3 Å². The molecule has 2 rings (SSSR count). The van der Waals surface area contributed by atoms with E-state index in [2.05, 4.69) is 40.3 Å². The third-order valence-corrected chi connectivity index (χ3v) is 5.56. The van der Waals surface area contributed by atoms with E-state index in [0.717, 1.165) is 13.0 Å². The minimum absolute atomic E-state index is 0.0750. The number of methoxy groups -OCH3 is 1. The molecule has 1 fully saturated rings. The molecule has 0 saturated heterocycles. The Kier molecular flexibility index (Phi) is 5.24. The van der Waals surface area contributed by atoms with Gasteiger partial charge in [-0.25, -0.2) is 0 Å². The highest BCUT2D eigenvalue weighted by molar-refractivity contribution is 9.11. The fourth-order valence-corrected chi connectivity index (χ4v) is 4.17. The molecule has 0 bridgehead atoms. The van der Waals surface area contributed by atoms with Crippen LogP contribution in [0, 0.1) is 0 Å². The summed E-state index contributed by atoms with van der Waals surface area (Å²) in [6.45, 7) is 3.29. The van der Waals surface area contributed by atoms with Crippen molar-refractivity contribution >= 4 is 27.3 Å². The van der Waals surface area contributed by atoms with Crippen molar-refractivity contribution in [3.63, 3.8) is 0 Å². The van der Waals surface area contributed by atoms with Gasteiger partial charge in [-0.15, -0.1) is 11.3 Å². The zero-order valence-corrected chi connectivity index (χ0v) is 13.6. The van der Waals surface area contributed by atoms with Crippen LogP contribution >= 0.6 is 27.3 Å². The summed E-state index contributed by atoms with van der Waals surface area (Å²) in [6, 6.07) is 4.80. The van der Waals surface area contributed by atoms with Crippen LogP contribution in [0.4, 0.5) is 0 Å². The number of ether oxygens (including phenoxy) is 1. The van der Waals surface area contributed by atoms with Crippen molar-refractivity contribution in [2.24, 2.45) is 0 Å². The molecule has 1 saturated carbocycles. The van der Waals surface area contributed by atoms with Crippen LogP contribution in [-0.4, -0.2) is 25.3 Å². The maximum absolute atomic E-state index is 5.84. The smallest absolute Gasteiger partial charge is 0.0834 e. The van der Waals surface area contributed by atoms with Crippen molar-refractivity contribution in [3.05, 3.63) is 20.8 Å². The Bertz CT molecular complexity index is 370. The van der Waals surface area contributed by atoms with E-state index in [1.807, 2.05) is 18.4 Å². The van der Waals surface area contributed by atoms with E-state index in [4.69, 9.17) is 4.74 Å². The third-order valence-electron chi connectivity index (χ3n) is 3.92. The molecule has 0 spiro atoms. The molecule has 0 aromatic carbocycles. The zero-order valence-electron chi connectivity index (χ0n) is 11.2. The van der Waals surface area contributed by atoms with Crippen molar-refractivity contribution in [2.45, 2.75) is 50.7 Å². The normalized spacial score (nSPS) is 19.5. The molecule has 1 heterocycles. The van der Waals surface area contributed by atoms with Crippen LogP contribution in [0.5, 0.6) is 0 Å². The lowest BCUT2D eigenvalue weighted by Crippen LogP contribution is -2.57. The number of hydrogen-bond acceptors (Lipinski definition) is 3. The lowest BCUT2D eigenvalue weighted by molar-refractivity contribution is -0.0979. The summed E-state index contributed by atoms with van der Waals surface area (Å²) in [4.78, 5) is 1.43. The summed E-state index contributed by atoms with van der Waals surface area (Å²) in [5.74, 6) is 0. The monoisotopic (exact) mass is 331 g/mol. The summed E-state index contributed by atoms with van der Waals surface area (Å²) >= 11 is 5.37. The van der Waals surface area contributed by atoms with Crippen LogP contribution < -0.4 is 5.32 Å².